The lowest BCUT2D eigenvalue weighted by molar-refractivity contribution is 0.0998. The molecule has 3 aromatic rings. The number of amides is 1. The predicted molar refractivity (Wildman–Crippen MR) is 123 cm³/mol. The average molecular weight is 478 g/mol. The molecule has 13 heteroatoms. The Kier molecular flexibility index (Phi) is 8.06. The van der Waals surface area contributed by atoms with Crippen LogP contribution in [0.2, 0.25) is 10.2 Å². The highest BCUT2D eigenvalue weighted by Crippen LogP contribution is 2.21. The Labute approximate surface area is 193 Å². The second-order valence-electron chi connectivity index (χ2n) is 6.37. The van der Waals surface area contributed by atoms with Gasteiger partial charge in [0.15, 0.2) is 28.4 Å². The van der Waals surface area contributed by atoms with Crippen LogP contribution < -0.4 is 26.8 Å². The summed E-state index contributed by atoms with van der Waals surface area (Å²) in [5, 5.41) is 6.36. The Balaban J connectivity index is 1.48. The molecule has 0 fully saturated rings. The van der Waals surface area contributed by atoms with E-state index in [1.807, 2.05) is 0 Å². The number of benzene rings is 1. The molecule has 1 aromatic carbocycles. The van der Waals surface area contributed by atoms with E-state index in [1.165, 1.54) is 0 Å². The van der Waals surface area contributed by atoms with Crippen molar-refractivity contribution in [3.05, 3.63) is 58.4 Å². The number of nitrogen functional groups attached to an aromatic ring is 1. The van der Waals surface area contributed by atoms with E-state index < -0.39 is 5.91 Å². The number of hydrogen-bond donors (Lipinski definition) is 5. The summed E-state index contributed by atoms with van der Waals surface area (Å²) in [5.74, 6) is 0.612. The van der Waals surface area contributed by atoms with E-state index in [9.17, 15) is 4.79 Å². The lowest BCUT2D eigenvalue weighted by Gasteiger charge is -2.09. The SMILES string of the molecule is N/C(=N\C(=O)c1nc(Cl)c(NCc2ncc[nH]2)nc1N)NCCCOc1ccc(Cl)cc1. The van der Waals surface area contributed by atoms with Gasteiger partial charge in [-0.25, -0.2) is 15.0 Å². The van der Waals surface area contributed by atoms with Gasteiger partial charge in [0.1, 0.15) is 11.6 Å². The van der Waals surface area contributed by atoms with Crippen LogP contribution in [0.5, 0.6) is 5.75 Å². The van der Waals surface area contributed by atoms with E-state index in [1.54, 1.807) is 36.7 Å². The quantitative estimate of drug-likeness (QED) is 0.176. The van der Waals surface area contributed by atoms with Crippen LogP contribution in [0.15, 0.2) is 41.7 Å². The van der Waals surface area contributed by atoms with Crippen molar-refractivity contribution in [3.63, 3.8) is 0 Å². The minimum atomic E-state index is -0.767. The molecule has 0 radical (unpaired) electrons. The van der Waals surface area contributed by atoms with E-state index in [4.69, 9.17) is 39.4 Å². The number of nitrogens with zero attached hydrogens (tertiary/aromatic N) is 4. The minimum absolute atomic E-state index is 0.0322. The number of ether oxygens (including phenoxy) is 1. The number of carbonyl (C=O) groups excluding carboxylic acids is 1. The van der Waals surface area contributed by atoms with Crippen LogP contribution >= 0.6 is 23.2 Å². The molecule has 2 aromatic heterocycles. The number of H-pyrrole nitrogens is 1. The topological polar surface area (TPSA) is 169 Å². The van der Waals surface area contributed by atoms with Crippen molar-refractivity contribution in [1.82, 2.24) is 25.3 Å². The smallest absolute Gasteiger partial charge is 0.302 e. The maximum absolute atomic E-state index is 12.4. The molecule has 0 saturated carbocycles. The molecule has 1 amide bonds. The predicted octanol–water partition coefficient (Wildman–Crippen LogP) is 2.21. The number of carbonyl (C=O) groups is 1. The van der Waals surface area contributed by atoms with Gasteiger partial charge in [0.25, 0.3) is 0 Å². The second kappa shape index (κ2) is 11.2. The molecule has 0 atom stereocenters. The fourth-order valence-corrected chi connectivity index (χ4v) is 2.79. The van der Waals surface area contributed by atoms with Gasteiger partial charge in [-0.05, 0) is 30.7 Å². The van der Waals surface area contributed by atoms with Crippen molar-refractivity contribution >= 4 is 46.7 Å². The Morgan fingerprint density at radius 2 is 2.00 bits per heavy atom. The first kappa shape index (κ1) is 23.1. The monoisotopic (exact) mass is 477 g/mol. The maximum Gasteiger partial charge on any atom is 0.302 e. The largest absolute Gasteiger partial charge is 0.494 e. The highest BCUT2D eigenvalue weighted by Gasteiger charge is 2.17. The molecule has 0 aliphatic carbocycles. The van der Waals surface area contributed by atoms with E-state index in [0.717, 1.165) is 0 Å². The highest BCUT2D eigenvalue weighted by atomic mass is 35.5. The fraction of sp³-hybridized carbons (Fsp3) is 0.211. The van der Waals surface area contributed by atoms with E-state index in [0.29, 0.717) is 42.7 Å². The molecule has 11 nitrogen and oxygen atoms in total. The molecular formula is C19H21Cl2N9O2. The van der Waals surface area contributed by atoms with Gasteiger partial charge >= 0.3 is 5.91 Å². The first-order valence-corrected chi connectivity index (χ1v) is 10.2. The minimum Gasteiger partial charge on any atom is -0.494 e. The van der Waals surface area contributed by atoms with Crippen molar-refractivity contribution in [2.45, 2.75) is 13.0 Å². The Hall–Kier alpha value is -3.57. The molecule has 2 heterocycles. The van der Waals surface area contributed by atoms with Crippen LogP contribution in [0.25, 0.3) is 0 Å². The molecule has 0 saturated heterocycles. The maximum atomic E-state index is 12.4. The van der Waals surface area contributed by atoms with Crippen molar-refractivity contribution in [3.8, 4) is 5.75 Å². The molecule has 0 unspecified atom stereocenters. The Morgan fingerprint density at radius 1 is 1.22 bits per heavy atom. The van der Waals surface area contributed by atoms with Gasteiger partial charge in [0.2, 0.25) is 0 Å². The number of aromatic nitrogens is 4. The van der Waals surface area contributed by atoms with E-state index in [2.05, 4.69) is 35.6 Å². The molecule has 0 spiro atoms. The summed E-state index contributed by atoms with van der Waals surface area (Å²) < 4.78 is 5.57. The van der Waals surface area contributed by atoms with Crippen molar-refractivity contribution in [1.29, 1.82) is 0 Å². The number of imidazole rings is 1. The van der Waals surface area contributed by atoms with Gasteiger partial charge in [-0.1, -0.05) is 23.2 Å². The third-order valence-electron chi connectivity index (χ3n) is 3.99. The Bertz CT molecular complexity index is 1070. The highest BCUT2D eigenvalue weighted by molar-refractivity contribution is 6.32. The number of nitrogens with one attached hydrogen (secondary N) is 3. The molecule has 3 rings (SSSR count). The second-order valence-corrected chi connectivity index (χ2v) is 7.17. The summed E-state index contributed by atoms with van der Waals surface area (Å²) >= 11 is 11.9. The molecular weight excluding hydrogens is 457 g/mol. The van der Waals surface area contributed by atoms with Crippen molar-refractivity contribution in [2.75, 3.05) is 24.2 Å². The van der Waals surface area contributed by atoms with Gasteiger partial charge in [-0.15, -0.1) is 0 Å². The zero-order valence-electron chi connectivity index (χ0n) is 16.8. The summed E-state index contributed by atoms with van der Waals surface area (Å²) in [4.78, 5) is 31.2. The van der Waals surface area contributed by atoms with E-state index in [-0.39, 0.29) is 28.4 Å². The summed E-state index contributed by atoms with van der Waals surface area (Å²) in [6, 6.07) is 7.04. The summed E-state index contributed by atoms with van der Waals surface area (Å²) in [6.07, 6.45) is 3.92. The van der Waals surface area contributed by atoms with Gasteiger partial charge in [0.05, 0.1) is 13.2 Å². The zero-order valence-corrected chi connectivity index (χ0v) is 18.3. The van der Waals surface area contributed by atoms with Crippen LogP contribution in [0.3, 0.4) is 0 Å². The van der Waals surface area contributed by atoms with Gasteiger partial charge in [-0.3, -0.25) is 4.79 Å². The van der Waals surface area contributed by atoms with Crippen LogP contribution in [0.1, 0.15) is 22.7 Å². The lowest BCUT2D eigenvalue weighted by Crippen LogP contribution is -2.34. The number of rotatable bonds is 9. The first-order chi connectivity index (χ1) is 15.4. The van der Waals surface area contributed by atoms with Crippen LogP contribution in [-0.2, 0) is 6.54 Å². The molecule has 0 bridgehead atoms. The number of hydrogen-bond acceptors (Lipinski definition) is 7. The molecule has 168 valence electrons. The fourth-order valence-electron chi connectivity index (χ4n) is 2.47. The third-order valence-corrected chi connectivity index (χ3v) is 4.51. The summed E-state index contributed by atoms with van der Waals surface area (Å²) in [6.45, 7) is 1.20. The number of nitrogens with two attached hydrogens (primary N) is 2. The third kappa shape index (κ3) is 6.72. The van der Waals surface area contributed by atoms with Crippen LogP contribution in [-0.4, -0.2) is 45.0 Å². The number of guanidine groups is 1. The normalized spacial score (nSPS) is 11.2. The van der Waals surface area contributed by atoms with Crippen molar-refractivity contribution < 1.29 is 9.53 Å². The van der Waals surface area contributed by atoms with Gasteiger partial charge in [-0.2, -0.15) is 4.99 Å². The van der Waals surface area contributed by atoms with Crippen LogP contribution in [0.4, 0.5) is 11.6 Å². The lowest BCUT2D eigenvalue weighted by atomic mass is 10.3. The standard InChI is InChI=1S/C19H21Cl2N9O2/c20-11-2-4-12(5-3-11)32-9-1-6-26-19(23)30-18(31)14-16(22)29-17(15(21)28-14)27-10-13-24-7-8-25-13/h2-5,7-8H,1,6,9-10H2,(H,24,25)(H3,22,27,29)(H3,23,26,30,31). The average Bonchev–Trinajstić information content (AvgIpc) is 3.28. The van der Waals surface area contributed by atoms with Crippen LogP contribution in [0, 0.1) is 0 Å². The molecule has 7 N–H and O–H groups in total. The summed E-state index contributed by atoms with van der Waals surface area (Å²) in [5.41, 5.74) is 11.4. The Morgan fingerprint density at radius 3 is 2.72 bits per heavy atom. The van der Waals surface area contributed by atoms with Crippen molar-refractivity contribution in [2.24, 2.45) is 10.7 Å². The zero-order chi connectivity index (χ0) is 22.9. The van der Waals surface area contributed by atoms with Gasteiger partial charge < -0.3 is 31.8 Å². The van der Waals surface area contributed by atoms with E-state index >= 15 is 0 Å². The number of halogens is 2. The summed E-state index contributed by atoms with van der Waals surface area (Å²) in [7, 11) is 0. The van der Waals surface area contributed by atoms with Gasteiger partial charge in [0, 0.05) is 24.0 Å². The molecule has 0 aliphatic rings. The molecule has 0 aliphatic heterocycles. The number of aromatic amines is 1. The first-order valence-electron chi connectivity index (χ1n) is 9.48. The number of anilines is 2. The molecule has 32 heavy (non-hydrogen) atoms. The number of aliphatic imine (C=N–C) groups is 1.